The van der Waals surface area contributed by atoms with E-state index in [0.717, 1.165) is 62.5 Å². The molecule has 2 spiro atoms. The van der Waals surface area contributed by atoms with Crippen molar-refractivity contribution in [2.45, 2.75) is 80.1 Å². The smallest absolute Gasteiger partial charge is 0.245 e. The standard InChI is InChI=1S/C33H40N2O3/c1-4-6-7-23-8-9-24(18-22(23)5-2)28-12-13-29-32(28,34)15-14-26-19-25-10-11-27(37-21-30(36)35-3)20-31(25)16-17-33(26,29)38-31/h4-9,14,18-19,27-29H,1-2,10-13,15-17,20-21,34H2,3H3,(H,35,36)/b7-6-/t27?,28?,29?,31-,32?,33-/m1/s1. The molecular weight excluding hydrogens is 472 g/mol. The van der Waals surface area contributed by atoms with Gasteiger partial charge in [-0.25, -0.2) is 0 Å². The van der Waals surface area contributed by atoms with E-state index in [-0.39, 0.29) is 47.2 Å². The lowest BCUT2D eigenvalue weighted by Gasteiger charge is -2.54. The van der Waals surface area contributed by atoms with Gasteiger partial charge in [0.15, 0.2) is 0 Å². The third-order valence-electron chi connectivity index (χ3n) is 10.1. The molecule has 2 bridgehead atoms. The van der Waals surface area contributed by atoms with Crippen LogP contribution in [0.3, 0.4) is 0 Å². The van der Waals surface area contributed by atoms with Crippen molar-refractivity contribution in [2.24, 2.45) is 11.7 Å². The molecule has 38 heavy (non-hydrogen) atoms. The van der Waals surface area contributed by atoms with Gasteiger partial charge in [-0.1, -0.05) is 67.8 Å². The van der Waals surface area contributed by atoms with Gasteiger partial charge in [0.1, 0.15) is 6.61 Å². The SMILES string of the molecule is C=C/C=C\c1ccc(C2CCC3C2(N)CC=C2C=C4CCC(OCC(=O)NC)C[C@]45CC[C@@]23O5)cc1C=C. The third kappa shape index (κ3) is 3.82. The van der Waals surface area contributed by atoms with Crippen molar-refractivity contribution >= 4 is 18.1 Å². The minimum atomic E-state index is -0.346. The van der Waals surface area contributed by atoms with Crippen molar-refractivity contribution in [3.05, 3.63) is 83.5 Å². The molecule has 1 amide bonds. The Morgan fingerprint density at radius 1 is 1.24 bits per heavy atom. The quantitative estimate of drug-likeness (QED) is 0.467. The van der Waals surface area contributed by atoms with Gasteiger partial charge in [0.25, 0.3) is 0 Å². The van der Waals surface area contributed by atoms with Gasteiger partial charge in [-0.2, -0.15) is 0 Å². The molecule has 4 unspecified atom stereocenters. The van der Waals surface area contributed by atoms with Crippen LogP contribution in [0.1, 0.15) is 74.0 Å². The summed E-state index contributed by atoms with van der Waals surface area (Å²) in [6.07, 6.45) is 20.4. The van der Waals surface area contributed by atoms with E-state index in [1.54, 1.807) is 13.1 Å². The van der Waals surface area contributed by atoms with Crippen molar-refractivity contribution in [3.8, 4) is 0 Å². The lowest BCUT2D eigenvalue weighted by Crippen LogP contribution is -2.61. The second-order valence-electron chi connectivity index (χ2n) is 11.9. The molecule has 1 aromatic carbocycles. The molecule has 3 N–H and O–H groups in total. The fraction of sp³-hybridized carbons (Fsp3) is 0.485. The molecular formula is C33H40N2O3. The number of carbonyl (C=O) groups excluding carboxylic acids is 1. The molecule has 3 aliphatic carbocycles. The monoisotopic (exact) mass is 512 g/mol. The fourth-order valence-electron chi connectivity index (χ4n) is 8.30. The number of fused-ring (bicyclic) bond motifs is 1. The summed E-state index contributed by atoms with van der Waals surface area (Å²) in [5, 5.41) is 2.65. The first-order valence-electron chi connectivity index (χ1n) is 14.2. The molecule has 2 heterocycles. The topological polar surface area (TPSA) is 73.6 Å². The van der Waals surface area contributed by atoms with Crippen molar-refractivity contribution < 1.29 is 14.3 Å². The van der Waals surface area contributed by atoms with Crippen molar-refractivity contribution in [1.29, 1.82) is 0 Å². The highest BCUT2D eigenvalue weighted by molar-refractivity contribution is 5.76. The molecule has 5 heteroatoms. The van der Waals surface area contributed by atoms with Crippen LogP contribution in [0.4, 0.5) is 0 Å². The van der Waals surface area contributed by atoms with Gasteiger partial charge in [0.05, 0.1) is 17.3 Å². The Kier molecular flexibility index (Phi) is 6.37. The number of rotatable bonds is 7. The Balaban J connectivity index is 1.29. The minimum Gasteiger partial charge on any atom is -0.368 e. The number of amides is 1. The number of nitrogens with one attached hydrogen (secondary N) is 1. The number of carbonyl (C=O) groups is 1. The van der Waals surface area contributed by atoms with E-state index in [4.69, 9.17) is 15.2 Å². The summed E-state index contributed by atoms with van der Waals surface area (Å²) in [5.74, 6) is 0.469. The summed E-state index contributed by atoms with van der Waals surface area (Å²) >= 11 is 0. The Labute approximate surface area is 226 Å². The van der Waals surface area contributed by atoms with Crippen molar-refractivity contribution in [3.63, 3.8) is 0 Å². The maximum absolute atomic E-state index is 11.8. The normalized spacial score (nSPS) is 37.1. The number of benzene rings is 1. The summed E-state index contributed by atoms with van der Waals surface area (Å²) in [6, 6.07) is 6.71. The second-order valence-corrected chi connectivity index (χ2v) is 11.9. The molecule has 0 aromatic heterocycles. The van der Waals surface area contributed by atoms with Gasteiger partial charge in [-0.15, -0.1) is 0 Å². The Morgan fingerprint density at radius 3 is 2.89 bits per heavy atom. The van der Waals surface area contributed by atoms with E-state index in [2.05, 4.69) is 54.9 Å². The first-order chi connectivity index (χ1) is 18.4. The zero-order valence-electron chi connectivity index (χ0n) is 22.5. The number of likely N-dealkylation sites (N-methyl/N-ethyl adjacent to an activating group) is 1. The van der Waals surface area contributed by atoms with Gasteiger partial charge >= 0.3 is 0 Å². The van der Waals surface area contributed by atoms with E-state index >= 15 is 0 Å². The van der Waals surface area contributed by atoms with Gasteiger partial charge in [0.2, 0.25) is 5.91 Å². The largest absolute Gasteiger partial charge is 0.368 e. The molecule has 6 rings (SSSR count). The van der Waals surface area contributed by atoms with Crippen LogP contribution in [0.2, 0.25) is 0 Å². The van der Waals surface area contributed by atoms with E-state index in [1.807, 2.05) is 12.2 Å². The molecule has 6 atom stereocenters. The molecule has 0 radical (unpaired) electrons. The van der Waals surface area contributed by atoms with Crippen LogP contribution < -0.4 is 11.1 Å². The van der Waals surface area contributed by atoms with Gasteiger partial charge in [0, 0.05) is 30.8 Å². The number of hydrogen-bond acceptors (Lipinski definition) is 4. The van der Waals surface area contributed by atoms with Crippen LogP contribution in [0.25, 0.3) is 12.2 Å². The molecule has 1 saturated heterocycles. The molecule has 5 nitrogen and oxygen atoms in total. The Morgan fingerprint density at radius 2 is 2.11 bits per heavy atom. The maximum atomic E-state index is 11.8. The average molecular weight is 513 g/mol. The maximum Gasteiger partial charge on any atom is 0.245 e. The molecule has 2 aliphatic heterocycles. The zero-order valence-corrected chi connectivity index (χ0v) is 22.5. The van der Waals surface area contributed by atoms with Crippen molar-refractivity contribution in [2.75, 3.05) is 13.7 Å². The van der Waals surface area contributed by atoms with Crippen LogP contribution in [0, 0.1) is 5.92 Å². The first kappa shape index (κ1) is 25.5. The summed E-state index contributed by atoms with van der Waals surface area (Å²) in [4.78, 5) is 11.8. The third-order valence-corrected chi connectivity index (χ3v) is 10.1. The summed E-state index contributed by atoms with van der Waals surface area (Å²) in [5.41, 5.74) is 12.9. The van der Waals surface area contributed by atoms with E-state index < -0.39 is 0 Å². The highest BCUT2D eigenvalue weighted by atomic mass is 16.5. The zero-order chi connectivity index (χ0) is 26.5. The predicted molar refractivity (Wildman–Crippen MR) is 152 cm³/mol. The summed E-state index contributed by atoms with van der Waals surface area (Å²) in [7, 11) is 1.65. The number of hydrogen-bond donors (Lipinski definition) is 2. The van der Waals surface area contributed by atoms with Crippen LogP contribution in [0.5, 0.6) is 0 Å². The minimum absolute atomic E-state index is 0.0404. The number of ether oxygens (including phenoxy) is 2. The van der Waals surface area contributed by atoms with Crippen LogP contribution in [0.15, 0.2) is 66.8 Å². The molecule has 1 aromatic rings. The Hall–Kier alpha value is -2.73. The lowest BCUT2D eigenvalue weighted by atomic mass is 9.62. The van der Waals surface area contributed by atoms with Gasteiger partial charge in [-0.3, -0.25) is 4.79 Å². The summed E-state index contributed by atoms with van der Waals surface area (Å²) < 4.78 is 13.3. The highest BCUT2D eigenvalue weighted by Crippen LogP contribution is 2.65. The predicted octanol–water partition coefficient (Wildman–Crippen LogP) is 5.59. The molecule has 200 valence electrons. The van der Waals surface area contributed by atoms with E-state index in [9.17, 15) is 4.79 Å². The van der Waals surface area contributed by atoms with Crippen LogP contribution >= 0.6 is 0 Å². The van der Waals surface area contributed by atoms with Crippen LogP contribution in [-0.2, 0) is 14.3 Å². The second kappa shape index (κ2) is 9.48. The first-order valence-corrected chi connectivity index (χ1v) is 14.2. The van der Waals surface area contributed by atoms with Crippen LogP contribution in [-0.4, -0.2) is 42.4 Å². The van der Waals surface area contributed by atoms with E-state index in [1.165, 1.54) is 16.7 Å². The van der Waals surface area contributed by atoms with E-state index in [0.29, 0.717) is 0 Å². The van der Waals surface area contributed by atoms with Crippen molar-refractivity contribution in [1.82, 2.24) is 5.32 Å². The summed E-state index contributed by atoms with van der Waals surface area (Å²) in [6.45, 7) is 7.96. The highest BCUT2D eigenvalue weighted by Gasteiger charge is 2.67. The average Bonchev–Trinajstić information content (AvgIpc) is 3.45. The lowest BCUT2D eigenvalue weighted by molar-refractivity contribution is -0.147. The number of nitrogens with two attached hydrogens (primary N) is 1. The van der Waals surface area contributed by atoms with Gasteiger partial charge in [-0.05, 0) is 72.8 Å². The molecule has 2 saturated carbocycles. The molecule has 3 fully saturated rings. The van der Waals surface area contributed by atoms with Gasteiger partial charge < -0.3 is 20.5 Å². The Bertz CT molecular complexity index is 1260. The number of allylic oxidation sites excluding steroid dienone is 2. The fourth-order valence-corrected chi connectivity index (χ4v) is 8.30. The molecule has 5 aliphatic rings.